The maximum absolute atomic E-state index is 12.0. The molecule has 0 atom stereocenters. The van der Waals surface area contributed by atoms with Gasteiger partial charge in [-0.25, -0.2) is 0 Å². The largest absolute Gasteiger partial charge is 0.507 e. The second-order valence-corrected chi connectivity index (χ2v) is 10.6. The van der Waals surface area contributed by atoms with Crippen LogP contribution in [0.5, 0.6) is 11.5 Å². The van der Waals surface area contributed by atoms with Gasteiger partial charge in [0.25, 0.3) is 0 Å². The molecule has 0 amide bonds. The van der Waals surface area contributed by atoms with Crippen LogP contribution in [0.1, 0.15) is 59.1 Å². The summed E-state index contributed by atoms with van der Waals surface area (Å²) in [5, 5.41) is 24.0. The molecule has 0 aromatic heterocycles. The fraction of sp³-hybridized carbons (Fsp3) is 0.222. The molecular weight excluding hydrogens is 464 g/mol. The summed E-state index contributed by atoms with van der Waals surface area (Å²) in [6, 6.07) is 20.7. The molecule has 2 aliphatic rings. The van der Waals surface area contributed by atoms with Crippen LogP contribution in [0.2, 0.25) is 0 Å². The lowest BCUT2D eigenvalue weighted by atomic mass is 9.77. The molecule has 0 spiro atoms. The van der Waals surface area contributed by atoms with Crippen LogP contribution in [0, 0.1) is 0 Å². The number of benzene rings is 4. The molecule has 0 unspecified atom stereocenters. The van der Waals surface area contributed by atoms with E-state index in [0.29, 0.717) is 0 Å². The highest BCUT2D eigenvalue weighted by atomic mass is 16.3. The maximum atomic E-state index is 12.0. The summed E-state index contributed by atoms with van der Waals surface area (Å²) in [4.78, 5) is 0. The lowest BCUT2D eigenvalue weighted by molar-refractivity contribution is 0.468. The van der Waals surface area contributed by atoms with Crippen LogP contribution in [-0.4, -0.2) is 10.2 Å². The molecule has 190 valence electrons. The molecule has 2 heteroatoms. The summed E-state index contributed by atoms with van der Waals surface area (Å²) in [6.07, 6.45) is 12.0. The van der Waals surface area contributed by atoms with E-state index in [9.17, 15) is 10.2 Å². The third-order valence-electron chi connectivity index (χ3n) is 8.41. The Morgan fingerprint density at radius 1 is 0.526 bits per heavy atom. The topological polar surface area (TPSA) is 40.5 Å². The number of fused-ring (bicyclic) bond motifs is 2. The van der Waals surface area contributed by atoms with Crippen molar-refractivity contribution in [1.82, 2.24) is 0 Å². The van der Waals surface area contributed by atoms with Crippen LogP contribution < -0.4 is 0 Å². The molecule has 4 aromatic rings. The summed E-state index contributed by atoms with van der Waals surface area (Å²) in [6.45, 7) is 7.75. The van der Waals surface area contributed by atoms with Gasteiger partial charge >= 0.3 is 0 Å². The number of rotatable bonds is 5. The minimum absolute atomic E-state index is 0.277. The molecule has 2 nitrogen and oxygen atoms in total. The van der Waals surface area contributed by atoms with E-state index < -0.39 is 0 Å². The van der Waals surface area contributed by atoms with Gasteiger partial charge in [0.05, 0.1) is 0 Å². The Labute approximate surface area is 225 Å². The van der Waals surface area contributed by atoms with Gasteiger partial charge in [-0.1, -0.05) is 73.8 Å². The number of phenolic OH excluding ortho intramolecular Hbond substituents is 2. The Hall–Kier alpha value is -4.04. The summed E-state index contributed by atoms with van der Waals surface area (Å²) < 4.78 is 0. The lowest BCUT2D eigenvalue weighted by Gasteiger charge is -2.28. The summed E-state index contributed by atoms with van der Waals surface area (Å²) in [5.74, 6) is 0.554. The van der Waals surface area contributed by atoms with E-state index in [1.807, 2.05) is 36.4 Å². The Kier molecular flexibility index (Phi) is 6.41. The Bertz CT molecular complexity index is 1420. The van der Waals surface area contributed by atoms with E-state index in [1.165, 1.54) is 22.3 Å². The van der Waals surface area contributed by atoms with Gasteiger partial charge in [0.1, 0.15) is 11.5 Å². The van der Waals surface area contributed by atoms with E-state index in [-0.39, 0.29) is 11.5 Å². The van der Waals surface area contributed by atoms with Gasteiger partial charge in [0.15, 0.2) is 0 Å². The fourth-order valence-electron chi connectivity index (χ4n) is 6.36. The lowest BCUT2D eigenvalue weighted by Crippen LogP contribution is -2.10. The zero-order valence-corrected chi connectivity index (χ0v) is 21.9. The van der Waals surface area contributed by atoms with Gasteiger partial charge in [-0.3, -0.25) is 0 Å². The molecule has 0 heterocycles. The number of phenols is 2. The van der Waals surface area contributed by atoms with Gasteiger partial charge in [-0.05, 0) is 108 Å². The minimum atomic E-state index is 0.277. The molecule has 0 saturated heterocycles. The highest BCUT2D eigenvalue weighted by Gasteiger charge is 2.29. The summed E-state index contributed by atoms with van der Waals surface area (Å²) >= 11 is 0. The molecule has 0 radical (unpaired) electrons. The quantitative estimate of drug-likeness (QED) is 0.288. The van der Waals surface area contributed by atoms with E-state index >= 15 is 0 Å². The molecular formula is C36H34O2. The average Bonchev–Trinajstić information content (AvgIpc) is 2.97. The molecule has 0 fully saturated rings. The maximum Gasteiger partial charge on any atom is 0.131 e. The molecule has 6 rings (SSSR count). The SMILES string of the molecule is C=Cc1ccc(-c2cc3c(c(-c4c(O)c(-c5ccc(C=C)cc5)cc5c4CCCC5)c2O)CCCC3)cc1. The predicted octanol–water partition coefficient (Wildman–Crippen LogP) is 9.14. The van der Waals surface area contributed by atoms with Crippen LogP contribution in [0.25, 0.3) is 45.5 Å². The zero-order valence-electron chi connectivity index (χ0n) is 21.9. The smallest absolute Gasteiger partial charge is 0.131 e. The molecule has 0 bridgehead atoms. The fourth-order valence-corrected chi connectivity index (χ4v) is 6.36. The monoisotopic (exact) mass is 498 g/mol. The van der Waals surface area contributed by atoms with E-state index in [2.05, 4.69) is 49.6 Å². The van der Waals surface area contributed by atoms with Crippen molar-refractivity contribution in [3.63, 3.8) is 0 Å². The highest BCUT2D eigenvalue weighted by Crippen LogP contribution is 2.52. The third-order valence-corrected chi connectivity index (χ3v) is 8.41. The van der Waals surface area contributed by atoms with E-state index in [4.69, 9.17) is 0 Å². The number of aromatic hydroxyl groups is 2. The number of hydrogen-bond acceptors (Lipinski definition) is 2. The standard InChI is InChI=1S/C36H34O2/c1-3-23-13-17-25(18-14-23)31-21-27-9-5-7-11-29(27)33(35(31)37)34-30-12-8-6-10-28(30)22-32(36(34)38)26-19-15-24(4-2)16-20-26/h3-4,13-22,37-38H,1-2,5-12H2. The van der Waals surface area contributed by atoms with Crippen molar-refractivity contribution in [1.29, 1.82) is 0 Å². The molecule has 2 N–H and O–H groups in total. The van der Waals surface area contributed by atoms with Crippen molar-refractivity contribution < 1.29 is 10.2 Å². The summed E-state index contributed by atoms with van der Waals surface area (Å²) in [5.41, 5.74) is 12.4. The first-order valence-electron chi connectivity index (χ1n) is 13.8. The highest BCUT2D eigenvalue weighted by molar-refractivity contribution is 5.93. The van der Waals surface area contributed by atoms with Crippen molar-refractivity contribution in [3.05, 3.63) is 107 Å². The van der Waals surface area contributed by atoms with Crippen molar-refractivity contribution in [3.8, 4) is 44.9 Å². The molecule has 0 saturated carbocycles. The van der Waals surface area contributed by atoms with Crippen LogP contribution in [0.3, 0.4) is 0 Å². The number of hydrogen-bond donors (Lipinski definition) is 2. The van der Waals surface area contributed by atoms with Gasteiger partial charge in [-0.15, -0.1) is 0 Å². The van der Waals surface area contributed by atoms with Crippen molar-refractivity contribution in [2.45, 2.75) is 51.4 Å². The van der Waals surface area contributed by atoms with Crippen LogP contribution in [-0.2, 0) is 25.7 Å². The van der Waals surface area contributed by atoms with Crippen molar-refractivity contribution in [2.75, 3.05) is 0 Å². The van der Waals surface area contributed by atoms with E-state index in [1.54, 1.807) is 0 Å². The van der Waals surface area contributed by atoms with Gasteiger partial charge in [-0.2, -0.15) is 0 Å². The van der Waals surface area contributed by atoms with Crippen LogP contribution >= 0.6 is 0 Å². The first kappa shape index (κ1) is 24.3. The summed E-state index contributed by atoms with van der Waals surface area (Å²) in [7, 11) is 0. The van der Waals surface area contributed by atoms with Crippen LogP contribution in [0.4, 0.5) is 0 Å². The van der Waals surface area contributed by atoms with Gasteiger partial charge in [0, 0.05) is 22.3 Å². The normalized spacial score (nSPS) is 14.4. The van der Waals surface area contributed by atoms with Crippen molar-refractivity contribution >= 4 is 12.2 Å². The molecule has 0 aliphatic heterocycles. The van der Waals surface area contributed by atoms with E-state index in [0.717, 1.165) is 95.9 Å². The molecule has 4 aromatic carbocycles. The Morgan fingerprint density at radius 3 is 1.26 bits per heavy atom. The zero-order chi connectivity index (χ0) is 26.2. The third kappa shape index (κ3) is 4.15. The minimum Gasteiger partial charge on any atom is -0.507 e. The first-order chi connectivity index (χ1) is 18.6. The van der Waals surface area contributed by atoms with Crippen molar-refractivity contribution in [2.24, 2.45) is 0 Å². The predicted molar refractivity (Wildman–Crippen MR) is 160 cm³/mol. The Morgan fingerprint density at radius 2 is 0.895 bits per heavy atom. The Balaban J connectivity index is 1.64. The first-order valence-corrected chi connectivity index (χ1v) is 13.8. The second kappa shape index (κ2) is 10.0. The van der Waals surface area contributed by atoms with Crippen LogP contribution in [0.15, 0.2) is 73.8 Å². The molecule has 38 heavy (non-hydrogen) atoms. The van der Waals surface area contributed by atoms with Gasteiger partial charge < -0.3 is 10.2 Å². The molecule has 2 aliphatic carbocycles. The average molecular weight is 499 g/mol. The van der Waals surface area contributed by atoms with Gasteiger partial charge in [0.2, 0.25) is 0 Å². The second-order valence-electron chi connectivity index (χ2n) is 10.6. The number of aryl methyl sites for hydroxylation is 2.